The molecule has 0 saturated heterocycles. The zero-order chi connectivity index (χ0) is 15.6. The summed E-state index contributed by atoms with van der Waals surface area (Å²) in [6, 6.07) is 0. The fourth-order valence-corrected chi connectivity index (χ4v) is 3.23. The molecule has 0 fully saturated rings. The van der Waals surface area contributed by atoms with Crippen molar-refractivity contribution in [2.75, 3.05) is 24.2 Å². The van der Waals surface area contributed by atoms with E-state index in [0.29, 0.717) is 24.5 Å². The highest BCUT2D eigenvalue weighted by Crippen LogP contribution is 2.23. The largest absolute Gasteiger partial charge is 0.383 e. The summed E-state index contributed by atoms with van der Waals surface area (Å²) < 4.78 is 35.1. The summed E-state index contributed by atoms with van der Waals surface area (Å²) in [5.41, 5.74) is 6.48. The number of nitrogens with two attached hydrogens (primary N) is 1. The standard InChI is InChI=1S/C11H18N6O3S/c1-8-10(11(12)14-16(8)2)21(18,19)15-9-6-13-17(7-9)4-5-20-3/h6-7,15H,4-5H2,1-3H3,(H2,12,14). The fraction of sp³-hybridized carbons (Fsp3) is 0.455. The Labute approximate surface area is 122 Å². The van der Waals surface area contributed by atoms with Gasteiger partial charge >= 0.3 is 0 Å². The number of hydrogen-bond donors (Lipinski definition) is 2. The predicted molar refractivity (Wildman–Crippen MR) is 77.3 cm³/mol. The molecular formula is C11H18N6O3S. The van der Waals surface area contributed by atoms with E-state index >= 15 is 0 Å². The van der Waals surface area contributed by atoms with Crippen molar-refractivity contribution in [3.63, 3.8) is 0 Å². The normalized spacial score (nSPS) is 11.8. The second kappa shape index (κ2) is 5.74. The van der Waals surface area contributed by atoms with Crippen molar-refractivity contribution >= 4 is 21.5 Å². The quantitative estimate of drug-likeness (QED) is 0.772. The number of rotatable bonds is 6. The lowest BCUT2D eigenvalue weighted by Crippen LogP contribution is -2.15. The molecule has 0 aromatic carbocycles. The molecule has 0 unspecified atom stereocenters. The van der Waals surface area contributed by atoms with Crippen LogP contribution in [0.25, 0.3) is 0 Å². The summed E-state index contributed by atoms with van der Waals surface area (Å²) in [7, 11) is -0.587. The van der Waals surface area contributed by atoms with Gasteiger partial charge in [-0.05, 0) is 6.92 Å². The van der Waals surface area contributed by atoms with Gasteiger partial charge in [0, 0.05) is 20.4 Å². The molecule has 0 bridgehead atoms. The third kappa shape index (κ3) is 3.16. The molecular weight excluding hydrogens is 296 g/mol. The van der Waals surface area contributed by atoms with Crippen LogP contribution in [0.15, 0.2) is 17.3 Å². The zero-order valence-corrected chi connectivity index (χ0v) is 12.9. The van der Waals surface area contributed by atoms with Gasteiger partial charge in [0.25, 0.3) is 10.0 Å². The summed E-state index contributed by atoms with van der Waals surface area (Å²) in [5.74, 6) is -0.0331. The maximum absolute atomic E-state index is 12.4. The first-order chi connectivity index (χ1) is 9.85. The van der Waals surface area contributed by atoms with Crippen molar-refractivity contribution in [3.05, 3.63) is 18.1 Å². The molecule has 21 heavy (non-hydrogen) atoms. The summed E-state index contributed by atoms with van der Waals surface area (Å²) in [4.78, 5) is -0.0189. The van der Waals surface area contributed by atoms with Gasteiger partial charge in [0.05, 0.1) is 30.7 Å². The van der Waals surface area contributed by atoms with E-state index in [1.807, 2.05) is 0 Å². The van der Waals surface area contributed by atoms with Gasteiger partial charge in [-0.25, -0.2) is 8.42 Å². The number of ether oxygens (including phenoxy) is 1. The number of aryl methyl sites for hydroxylation is 1. The van der Waals surface area contributed by atoms with Gasteiger partial charge in [0.1, 0.15) is 0 Å². The van der Waals surface area contributed by atoms with Crippen LogP contribution in [0.2, 0.25) is 0 Å². The number of nitrogen functional groups attached to an aromatic ring is 1. The van der Waals surface area contributed by atoms with Crippen molar-refractivity contribution in [2.24, 2.45) is 7.05 Å². The van der Waals surface area contributed by atoms with E-state index in [-0.39, 0.29) is 10.7 Å². The van der Waals surface area contributed by atoms with Crippen LogP contribution < -0.4 is 10.5 Å². The molecule has 2 heterocycles. The lowest BCUT2D eigenvalue weighted by Gasteiger charge is -2.06. The Kier molecular flexibility index (Phi) is 4.19. The molecule has 2 aromatic rings. The van der Waals surface area contributed by atoms with E-state index in [1.54, 1.807) is 32.0 Å². The van der Waals surface area contributed by atoms with Crippen LogP contribution in [0.5, 0.6) is 0 Å². The molecule has 116 valence electrons. The highest BCUT2D eigenvalue weighted by atomic mass is 32.2. The lowest BCUT2D eigenvalue weighted by atomic mass is 10.5. The first-order valence-corrected chi connectivity index (χ1v) is 7.66. The molecule has 2 aromatic heterocycles. The molecule has 0 saturated carbocycles. The number of methoxy groups -OCH3 is 1. The van der Waals surface area contributed by atoms with Crippen molar-refractivity contribution in [3.8, 4) is 0 Å². The lowest BCUT2D eigenvalue weighted by molar-refractivity contribution is 0.183. The number of nitrogens with zero attached hydrogens (tertiary/aromatic N) is 4. The molecule has 0 aliphatic heterocycles. The number of aromatic nitrogens is 4. The van der Waals surface area contributed by atoms with E-state index in [1.165, 1.54) is 10.9 Å². The average molecular weight is 314 g/mol. The van der Waals surface area contributed by atoms with Gasteiger partial charge in [0.15, 0.2) is 10.7 Å². The third-order valence-corrected chi connectivity index (χ3v) is 4.53. The summed E-state index contributed by atoms with van der Waals surface area (Å²) >= 11 is 0. The molecule has 10 heteroatoms. The Morgan fingerprint density at radius 1 is 1.48 bits per heavy atom. The molecule has 0 spiro atoms. The number of hydrogen-bond acceptors (Lipinski definition) is 6. The Morgan fingerprint density at radius 2 is 2.19 bits per heavy atom. The summed E-state index contributed by atoms with van der Waals surface area (Å²) in [6.07, 6.45) is 3.01. The van der Waals surface area contributed by atoms with Crippen molar-refractivity contribution in [1.82, 2.24) is 19.6 Å². The van der Waals surface area contributed by atoms with E-state index in [0.717, 1.165) is 0 Å². The average Bonchev–Trinajstić information content (AvgIpc) is 2.92. The zero-order valence-electron chi connectivity index (χ0n) is 12.1. The fourth-order valence-electron chi connectivity index (χ4n) is 1.88. The van der Waals surface area contributed by atoms with Crippen LogP contribution in [-0.2, 0) is 28.4 Å². The second-order valence-electron chi connectivity index (χ2n) is 4.51. The molecule has 0 aliphatic carbocycles. The van der Waals surface area contributed by atoms with Gasteiger partial charge in [-0.3, -0.25) is 14.1 Å². The minimum atomic E-state index is -3.80. The van der Waals surface area contributed by atoms with Crippen LogP contribution in [0.4, 0.5) is 11.5 Å². The van der Waals surface area contributed by atoms with E-state index in [9.17, 15) is 8.42 Å². The van der Waals surface area contributed by atoms with Gasteiger partial charge < -0.3 is 10.5 Å². The van der Waals surface area contributed by atoms with Crippen LogP contribution in [0.3, 0.4) is 0 Å². The molecule has 0 radical (unpaired) electrons. The summed E-state index contributed by atoms with van der Waals surface area (Å²) in [6.45, 7) is 2.66. The molecule has 2 rings (SSSR count). The topological polar surface area (TPSA) is 117 Å². The Balaban J connectivity index is 2.23. The van der Waals surface area contributed by atoms with Crippen LogP contribution in [0.1, 0.15) is 5.69 Å². The maximum atomic E-state index is 12.4. The number of sulfonamides is 1. The minimum absolute atomic E-state index is 0.0189. The van der Waals surface area contributed by atoms with Crippen molar-refractivity contribution < 1.29 is 13.2 Å². The SMILES string of the molecule is COCCn1cc(NS(=O)(=O)c2c(N)nn(C)c2C)cn1. The van der Waals surface area contributed by atoms with E-state index in [4.69, 9.17) is 10.5 Å². The Morgan fingerprint density at radius 3 is 2.76 bits per heavy atom. The number of anilines is 2. The van der Waals surface area contributed by atoms with Crippen LogP contribution >= 0.6 is 0 Å². The van der Waals surface area contributed by atoms with Crippen molar-refractivity contribution in [2.45, 2.75) is 18.4 Å². The molecule has 0 aliphatic rings. The predicted octanol–water partition coefficient (Wildman–Crippen LogP) is -0.0456. The van der Waals surface area contributed by atoms with E-state index < -0.39 is 10.0 Å². The third-order valence-electron chi connectivity index (χ3n) is 2.98. The maximum Gasteiger partial charge on any atom is 0.267 e. The Bertz CT molecular complexity index is 733. The highest BCUT2D eigenvalue weighted by Gasteiger charge is 2.25. The highest BCUT2D eigenvalue weighted by molar-refractivity contribution is 7.93. The van der Waals surface area contributed by atoms with Gasteiger partial charge in [-0.1, -0.05) is 0 Å². The van der Waals surface area contributed by atoms with Crippen molar-refractivity contribution in [1.29, 1.82) is 0 Å². The second-order valence-corrected chi connectivity index (χ2v) is 6.13. The summed E-state index contributed by atoms with van der Waals surface area (Å²) in [5, 5.41) is 7.94. The molecule has 3 N–H and O–H groups in total. The smallest absolute Gasteiger partial charge is 0.267 e. The first-order valence-electron chi connectivity index (χ1n) is 6.18. The first kappa shape index (κ1) is 15.3. The number of nitrogens with one attached hydrogen (secondary N) is 1. The molecule has 0 atom stereocenters. The van der Waals surface area contributed by atoms with Crippen LogP contribution in [0, 0.1) is 6.92 Å². The molecule has 0 amide bonds. The molecule has 9 nitrogen and oxygen atoms in total. The minimum Gasteiger partial charge on any atom is -0.383 e. The van der Waals surface area contributed by atoms with E-state index in [2.05, 4.69) is 14.9 Å². The Hall–Kier alpha value is -2.07. The van der Waals surface area contributed by atoms with Gasteiger partial charge in [-0.15, -0.1) is 0 Å². The van der Waals surface area contributed by atoms with Gasteiger partial charge in [-0.2, -0.15) is 10.2 Å². The van der Waals surface area contributed by atoms with Crippen LogP contribution in [-0.4, -0.2) is 41.7 Å². The van der Waals surface area contributed by atoms with Gasteiger partial charge in [0.2, 0.25) is 0 Å². The monoisotopic (exact) mass is 314 g/mol.